The van der Waals surface area contributed by atoms with Crippen LogP contribution in [0.5, 0.6) is 5.75 Å². The van der Waals surface area contributed by atoms with E-state index in [0.717, 1.165) is 43.7 Å². The fraction of sp³-hybridized carbons (Fsp3) is 0.421. The number of fused-ring (bicyclic) bond motifs is 1. The second-order valence-electron chi connectivity index (χ2n) is 7.10. The zero-order valence-electron chi connectivity index (χ0n) is 15.7. The molecule has 1 aliphatic rings. The highest BCUT2D eigenvalue weighted by Gasteiger charge is 2.24. The minimum Gasteiger partial charge on any atom is -0.497 e. The third kappa shape index (κ3) is 3.73. The Balaban J connectivity index is 1.46. The first-order valence-electron chi connectivity index (χ1n) is 9.40. The van der Waals surface area contributed by atoms with Gasteiger partial charge in [-0.25, -0.2) is 4.98 Å². The first kappa shape index (κ1) is 18.1. The van der Waals surface area contributed by atoms with E-state index in [1.807, 2.05) is 24.3 Å². The summed E-state index contributed by atoms with van der Waals surface area (Å²) in [7, 11) is 1.63. The van der Waals surface area contributed by atoms with E-state index in [-0.39, 0.29) is 11.8 Å². The lowest BCUT2D eigenvalue weighted by molar-refractivity contribution is -0.122. The van der Waals surface area contributed by atoms with Crippen LogP contribution in [-0.2, 0) is 4.79 Å². The zero-order chi connectivity index (χ0) is 19.5. The first-order chi connectivity index (χ1) is 13.6. The molecule has 1 amide bonds. The Morgan fingerprint density at radius 1 is 1.25 bits per heavy atom. The average molecular weight is 381 g/mol. The Labute approximate surface area is 162 Å². The summed E-state index contributed by atoms with van der Waals surface area (Å²) >= 11 is 0. The topological polar surface area (TPSA) is 121 Å². The Morgan fingerprint density at radius 2 is 2.00 bits per heavy atom. The standard InChI is InChI=1S/C19H23N7O2/c1-28-15-8-6-14(7-9-15)26-18-16(24-25-26)11-22-19(23-18)21-10-12-2-4-13(5-3-12)17(20)27/h6-9,11-13H,2-5,10H2,1H3,(H2,20,27)(H,21,22,23). The van der Waals surface area contributed by atoms with Gasteiger partial charge < -0.3 is 15.8 Å². The largest absolute Gasteiger partial charge is 0.497 e. The molecule has 1 saturated carbocycles. The third-order valence-corrected chi connectivity index (χ3v) is 5.31. The van der Waals surface area contributed by atoms with Gasteiger partial charge in [-0.05, 0) is 55.9 Å². The molecule has 9 nitrogen and oxygen atoms in total. The second-order valence-corrected chi connectivity index (χ2v) is 7.10. The van der Waals surface area contributed by atoms with E-state index in [1.54, 1.807) is 18.0 Å². The SMILES string of the molecule is COc1ccc(-n2nnc3cnc(NCC4CCC(C(N)=O)CC4)nc32)cc1. The summed E-state index contributed by atoms with van der Waals surface area (Å²) in [6, 6.07) is 7.54. The monoisotopic (exact) mass is 381 g/mol. The van der Waals surface area contributed by atoms with Crippen molar-refractivity contribution in [1.82, 2.24) is 25.0 Å². The third-order valence-electron chi connectivity index (χ3n) is 5.31. The lowest BCUT2D eigenvalue weighted by Crippen LogP contribution is -2.29. The lowest BCUT2D eigenvalue weighted by atomic mass is 9.82. The number of nitrogens with one attached hydrogen (secondary N) is 1. The summed E-state index contributed by atoms with van der Waals surface area (Å²) in [5.41, 5.74) is 7.52. The average Bonchev–Trinajstić information content (AvgIpc) is 3.16. The van der Waals surface area contributed by atoms with Gasteiger partial charge in [-0.3, -0.25) is 4.79 Å². The van der Waals surface area contributed by atoms with Crippen LogP contribution in [0.25, 0.3) is 16.9 Å². The van der Waals surface area contributed by atoms with Crippen molar-refractivity contribution in [3.8, 4) is 11.4 Å². The van der Waals surface area contributed by atoms with Crippen molar-refractivity contribution in [3.05, 3.63) is 30.5 Å². The van der Waals surface area contributed by atoms with Gasteiger partial charge in [0, 0.05) is 12.5 Å². The van der Waals surface area contributed by atoms with Gasteiger partial charge in [0.25, 0.3) is 0 Å². The summed E-state index contributed by atoms with van der Waals surface area (Å²) in [5.74, 6) is 1.64. The molecule has 0 spiro atoms. The molecule has 9 heteroatoms. The van der Waals surface area contributed by atoms with Crippen LogP contribution in [0.2, 0.25) is 0 Å². The van der Waals surface area contributed by atoms with Crippen molar-refractivity contribution in [2.75, 3.05) is 19.0 Å². The molecule has 0 unspecified atom stereocenters. The van der Waals surface area contributed by atoms with Crippen LogP contribution in [0.1, 0.15) is 25.7 Å². The molecule has 3 N–H and O–H groups in total. The number of hydrogen-bond donors (Lipinski definition) is 2. The number of primary amides is 1. The Bertz CT molecular complexity index is 962. The molecule has 2 aromatic heterocycles. The van der Waals surface area contributed by atoms with Gasteiger partial charge in [-0.2, -0.15) is 9.67 Å². The van der Waals surface area contributed by atoms with Crippen molar-refractivity contribution < 1.29 is 9.53 Å². The molecular weight excluding hydrogens is 358 g/mol. The molecular formula is C19H23N7O2. The Hall–Kier alpha value is -3.23. The van der Waals surface area contributed by atoms with Gasteiger partial charge in [-0.15, -0.1) is 5.10 Å². The van der Waals surface area contributed by atoms with Gasteiger partial charge >= 0.3 is 0 Å². The first-order valence-corrected chi connectivity index (χ1v) is 9.40. The maximum atomic E-state index is 11.3. The lowest BCUT2D eigenvalue weighted by Gasteiger charge is -2.26. The number of aromatic nitrogens is 5. The van der Waals surface area contributed by atoms with E-state index in [0.29, 0.717) is 23.0 Å². The number of nitrogens with two attached hydrogens (primary N) is 1. The van der Waals surface area contributed by atoms with Crippen molar-refractivity contribution in [2.45, 2.75) is 25.7 Å². The predicted molar refractivity (Wildman–Crippen MR) is 104 cm³/mol. The van der Waals surface area contributed by atoms with Crippen LogP contribution in [0, 0.1) is 11.8 Å². The van der Waals surface area contributed by atoms with E-state index < -0.39 is 0 Å². The summed E-state index contributed by atoms with van der Waals surface area (Å²) in [6.45, 7) is 0.765. The highest BCUT2D eigenvalue weighted by molar-refractivity contribution is 5.76. The molecule has 1 aromatic carbocycles. The quantitative estimate of drug-likeness (QED) is 0.669. The number of carbonyl (C=O) groups is 1. The van der Waals surface area contributed by atoms with Crippen molar-refractivity contribution >= 4 is 23.0 Å². The molecule has 1 fully saturated rings. The summed E-state index contributed by atoms with van der Waals surface area (Å²) in [6.07, 6.45) is 5.34. The van der Waals surface area contributed by atoms with Crippen LogP contribution >= 0.6 is 0 Å². The van der Waals surface area contributed by atoms with Crippen molar-refractivity contribution in [1.29, 1.82) is 0 Å². The smallest absolute Gasteiger partial charge is 0.224 e. The number of anilines is 1. The minimum atomic E-state index is -0.181. The number of benzene rings is 1. The number of carbonyl (C=O) groups excluding carboxylic acids is 1. The number of amides is 1. The highest BCUT2D eigenvalue weighted by atomic mass is 16.5. The number of nitrogens with zero attached hydrogens (tertiary/aromatic N) is 5. The van der Waals surface area contributed by atoms with Crippen molar-refractivity contribution in [3.63, 3.8) is 0 Å². The maximum absolute atomic E-state index is 11.3. The molecule has 4 rings (SSSR count). The van der Waals surface area contributed by atoms with E-state index in [4.69, 9.17) is 10.5 Å². The molecule has 0 saturated heterocycles. The normalized spacial score (nSPS) is 19.5. The highest BCUT2D eigenvalue weighted by Crippen LogP contribution is 2.28. The van der Waals surface area contributed by atoms with Crippen LogP contribution in [-0.4, -0.2) is 44.5 Å². The summed E-state index contributed by atoms with van der Waals surface area (Å²) in [5, 5.41) is 11.6. The van der Waals surface area contributed by atoms with E-state index in [2.05, 4.69) is 25.6 Å². The summed E-state index contributed by atoms with van der Waals surface area (Å²) in [4.78, 5) is 20.2. The fourth-order valence-electron chi connectivity index (χ4n) is 3.60. The fourth-order valence-corrected chi connectivity index (χ4v) is 3.60. The maximum Gasteiger partial charge on any atom is 0.224 e. The second kappa shape index (κ2) is 7.79. The molecule has 1 aliphatic carbocycles. The van der Waals surface area contributed by atoms with Crippen LogP contribution in [0.4, 0.5) is 5.95 Å². The molecule has 0 bridgehead atoms. The van der Waals surface area contributed by atoms with Gasteiger partial charge in [0.15, 0.2) is 11.2 Å². The van der Waals surface area contributed by atoms with Crippen LogP contribution in [0.3, 0.4) is 0 Å². The van der Waals surface area contributed by atoms with E-state index in [9.17, 15) is 4.79 Å². The minimum absolute atomic E-state index is 0.0220. The molecule has 3 aromatic rings. The number of ether oxygens (including phenoxy) is 1. The zero-order valence-corrected chi connectivity index (χ0v) is 15.7. The Morgan fingerprint density at radius 3 is 2.68 bits per heavy atom. The van der Waals surface area contributed by atoms with Crippen LogP contribution < -0.4 is 15.8 Å². The van der Waals surface area contributed by atoms with Gasteiger partial charge in [-0.1, -0.05) is 5.21 Å². The number of methoxy groups -OCH3 is 1. The molecule has 0 radical (unpaired) electrons. The molecule has 0 aliphatic heterocycles. The van der Waals surface area contributed by atoms with Crippen LogP contribution in [0.15, 0.2) is 30.5 Å². The summed E-state index contributed by atoms with van der Waals surface area (Å²) < 4.78 is 6.88. The van der Waals surface area contributed by atoms with Crippen molar-refractivity contribution in [2.24, 2.45) is 17.6 Å². The number of rotatable bonds is 6. The molecule has 2 heterocycles. The molecule has 146 valence electrons. The van der Waals surface area contributed by atoms with Gasteiger partial charge in [0.05, 0.1) is 19.0 Å². The Kier molecular flexibility index (Phi) is 5.05. The number of hydrogen-bond acceptors (Lipinski definition) is 7. The molecule has 28 heavy (non-hydrogen) atoms. The van der Waals surface area contributed by atoms with E-state index in [1.165, 1.54) is 0 Å². The molecule has 0 atom stereocenters. The van der Waals surface area contributed by atoms with Gasteiger partial charge in [0.1, 0.15) is 5.75 Å². The van der Waals surface area contributed by atoms with Gasteiger partial charge in [0.2, 0.25) is 11.9 Å². The van der Waals surface area contributed by atoms with E-state index >= 15 is 0 Å². The predicted octanol–water partition coefficient (Wildman–Crippen LogP) is 1.92.